The van der Waals surface area contributed by atoms with Crippen molar-refractivity contribution >= 4 is 34.4 Å². The topological polar surface area (TPSA) is 47.6 Å². The first-order valence-electron chi connectivity index (χ1n) is 10.4. The Hall–Kier alpha value is -1.48. The van der Waals surface area contributed by atoms with Crippen LogP contribution in [0.3, 0.4) is 0 Å². The van der Waals surface area contributed by atoms with Gasteiger partial charge in [-0.3, -0.25) is 0 Å². The maximum atomic E-state index is 12.5. The van der Waals surface area contributed by atoms with Gasteiger partial charge in [0.2, 0.25) is 0 Å². The van der Waals surface area contributed by atoms with Gasteiger partial charge >= 0.3 is 192 Å². The van der Waals surface area contributed by atoms with Crippen molar-refractivity contribution in [3.8, 4) is 5.75 Å². The summed E-state index contributed by atoms with van der Waals surface area (Å²) in [5, 5.41) is 4.59. The van der Waals surface area contributed by atoms with E-state index in [0.717, 1.165) is 42.0 Å². The molecular weight excluding hydrogens is 461 g/mol. The molecule has 2 aliphatic rings. The van der Waals surface area contributed by atoms with Crippen LogP contribution < -0.4 is 10.1 Å². The van der Waals surface area contributed by atoms with Gasteiger partial charge in [-0.15, -0.1) is 0 Å². The standard InChI is InChI=1S/C24H27AsClNO3/c1-29-21-11-9-18(26)12-17(21)13-19-16-8-10-20(23(28)30-2)24(25,14-16)27-22(19)15-6-4-3-5-7-15/h3-7,9,11-12,16,19-20,22,27H,8,10,13-14H2,1-2H3. The molecule has 0 amide bonds. The minimum atomic E-state index is -0.335. The summed E-state index contributed by atoms with van der Waals surface area (Å²) in [4.78, 5) is 12.5. The van der Waals surface area contributed by atoms with Gasteiger partial charge in [-0.25, -0.2) is 0 Å². The summed E-state index contributed by atoms with van der Waals surface area (Å²) in [7, 11) is 3.19. The number of carbonyl (C=O) groups excluding carboxylic acids is 1. The Labute approximate surface area is 192 Å². The zero-order valence-corrected chi connectivity index (χ0v) is 19.9. The normalized spacial score (nSPS) is 30.5. The predicted octanol–water partition coefficient (Wildman–Crippen LogP) is 4.31. The molecule has 4 rings (SSSR count). The molecule has 2 aromatic rings. The van der Waals surface area contributed by atoms with Crippen LogP contribution in [0.15, 0.2) is 48.5 Å². The first-order chi connectivity index (χ1) is 14.4. The van der Waals surface area contributed by atoms with E-state index in [2.05, 4.69) is 46.4 Å². The van der Waals surface area contributed by atoms with Crippen molar-refractivity contribution in [1.82, 2.24) is 5.32 Å². The fourth-order valence-electron chi connectivity index (χ4n) is 5.33. The fraction of sp³-hybridized carbons (Fsp3) is 0.458. The molecule has 0 spiro atoms. The summed E-state index contributed by atoms with van der Waals surface area (Å²) in [6, 6.07) is 16.5. The van der Waals surface area contributed by atoms with Gasteiger partial charge in [0.1, 0.15) is 0 Å². The molecule has 1 saturated carbocycles. The number of halogens is 1. The van der Waals surface area contributed by atoms with E-state index < -0.39 is 0 Å². The van der Waals surface area contributed by atoms with Crippen molar-refractivity contribution in [3.63, 3.8) is 0 Å². The van der Waals surface area contributed by atoms with Gasteiger partial charge in [0.05, 0.1) is 0 Å². The summed E-state index contributed by atoms with van der Waals surface area (Å²) < 4.78 is 10.4. The number of rotatable bonds is 5. The molecular formula is C24H27AsClNO3. The summed E-state index contributed by atoms with van der Waals surface area (Å²) in [5.74, 6) is 1.47. The Bertz CT molecular complexity index is 909. The van der Waals surface area contributed by atoms with Gasteiger partial charge < -0.3 is 0 Å². The van der Waals surface area contributed by atoms with Crippen LogP contribution in [0.4, 0.5) is 0 Å². The van der Waals surface area contributed by atoms with Crippen molar-refractivity contribution in [1.29, 1.82) is 0 Å². The Morgan fingerprint density at radius 1 is 1.20 bits per heavy atom. The summed E-state index contributed by atoms with van der Waals surface area (Å²) in [6.07, 6.45) is 3.65. The quantitative estimate of drug-likeness (QED) is 0.504. The number of hydrogen-bond donors (Lipinski definition) is 1. The fourth-order valence-corrected chi connectivity index (χ4v) is 6.80. The monoisotopic (exact) mass is 487 g/mol. The van der Waals surface area contributed by atoms with Crippen molar-refractivity contribution in [2.75, 3.05) is 14.2 Å². The molecule has 0 aromatic heterocycles. The van der Waals surface area contributed by atoms with E-state index in [9.17, 15) is 4.79 Å². The molecule has 1 heterocycles. The molecule has 5 unspecified atom stereocenters. The molecule has 1 aliphatic carbocycles. The van der Waals surface area contributed by atoms with Crippen molar-refractivity contribution < 1.29 is 14.3 Å². The molecule has 4 nitrogen and oxygen atoms in total. The van der Waals surface area contributed by atoms with Crippen molar-refractivity contribution in [2.45, 2.75) is 36.1 Å². The number of carbonyl (C=O) groups is 1. The van der Waals surface area contributed by atoms with Crippen LogP contribution in [0.1, 0.15) is 36.4 Å². The minimum absolute atomic E-state index is 0.122. The molecule has 6 heteroatoms. The summed E-state index contributed by atoms with van der Waals surface area (Å²) in [6.45, 7) is 0. The van der Waals surface area contributed by atoms with E-state index in [-0.39, 0.29) is 22.3 Å². The van der Waals surface area contributed by atoms with E-state index in [0.29, 0.717) is 11.8 Å². The molecule has 158 valence electrons. The molecule has 5 atom stereocenters. The van der Waals surface area contributed by atoms with E-state index in [1.54, 1.807) is 7.11 Å². The number of nitrogens with one attached hydrogen (secondary N) is 1. The van der Waals surface area contributed by atoms with Gasteiger partial charge in [-0.2, -0.15) is 0 Å². The second-order valence-electron chi connectivity index (χ2n) is 8.40. The van der Waals surface area contributed by atoms with Crippen LogP contribution in [-0.4, -0.2) is 41.4 Å². The van der Waals surface area contributed by atoms with Crippen LogP contribution in [0.5, 0.6) is 5.75 Å². The van der Waals surface area contributed by atoms with Crippen molar-refractivity contribution in [2.24, 2.45) is 17.8 Å². The zero-order chi connectivity index (χ0) is 21.3. The van der Waals surface area contributed by atoms with Crippen LogP contribution in [0, 0.1) is 17.8 Å². The number of hydrogen-bond acceptors (Lipinski definition) is 4. The van der Waals surface area contributed by atoms with Crippen LogP contribution in [0.2, 0.25) is 5.02 Å². The van der Waals surface area contributed by atoms with Gasteiger partial charge in [0, 0.05) is 0 Å². The third-order valence-electron chi connectivity index (χ3n) is 6.76. The maximum absolute atomic E-state index is 12.5. The van der Waals surface area contributed by atoms with E-state index in [1.165, 1.54) is 12.7 Å². The molecule has 2 fully saturated rings. The van der Waals surface area contributed by atoms with E-state index >= 15 is 0 Å². The molecule has 1 saturated heterocycles. The molecule has 1 N–H and O–H groups in total. The number of esters is 1. The zero-order valence-electron chi connectivity index (χ0n) is 17.3. The third-order valence-corrected chi connectivity index (χ3v) is 8.30. The predicted molar refractivity (Wildman–Crippen MR) is 119 cm³/mol. The first-order valence-corrected chi connectivity index (χ1v) is 11.7. The van der Waals surface area contributed by atoms with Gasteiger partial charge in [-0.1, -0.05) is 0 Å². The number of benzene rings is 2. The average molecular weight is 488 g/mol. The second kappa shape index (κ2) is 8.94. The number of fused-ring (bicyclic) bond motifs is 2. The average Bonchev–Trinajstić information content (AvgIpc) is 2.75. The second-order valence-corrected chi connectivity index (χ2v) is 10.5. The Morgan fingerprint density at radius 2 is 1.97 bits per heavy atom. The molecule has 1 aliphatic heterocycles. The van der Waals surface area contributed by atoms with Crippen LogP contribution in [0.25, 0.3) is 0 Å². The SMILES string of the molecule is COC(=O)C1CCC2CC1([As])NC(c1ccccc1)C2Cc1cc(Cl)ccc1OC. The van der Waals surface area contributed by atoms with E-state index in [1.807, 2.05) is 24.3 Å². The van der Waals surface area contributed by atoms with Crippen LogP contribution >= 0.6 is 11.6 Å². The summed E-state index contributed by atoms with van der Waals surface area (Å²) >= 11 is 9.08. The number of piperidine rings is 1. The first kappa shape index (κ1) is 21.7. The van der Waals surface area contributed by atoms with Gasteiger partial charge in [0.15, 0.2) is 0 Å². The van der Waals surface area contributed by atoms with Crippen molar-refractivity contribution in [3.05, 3.63) is 64.7 Å². The molecule has 2 bridgehead atoms. The Kier molecular flexibility index (Phi) is 6.48. The third kappa shape index (κ3) is 4.15. The number of ether oxygens (including phenoxy) is 2. The van der Waals surface area contributed by atoms with Gasteiger partial charge in [0.25, 0.3) is 0 Å². The number of methoxy groups -OCH3 is 2. The Morgan fingerprint density at radius 3 is 2.67 bits per heavy atom. The van der Waals surface area contributed by atoms with Crippen LogP contribution in [-0.2, 0) is 16.0 Å². The Balaban J connectivity index is 1.71. The molecule has 2 radical (unpaired) electrons. The molecule has 30 heavy (non-hydrogen) atoms. The van der Waals surface area contributed by atoms with Gasteiger partial charge in [-0.05, 0) is 0 Å². The molecule has 2 aromatic carbocycles. The summed E-state index contributed by atoms with van der Waals surface area (Å²) in [5.41, 5.74) is 2.38. The van der Waals surface area contributed by atoms with E-state index in [4.69, 9.17) is 21.1 Å².